The van der Waals surface area contributed by atoms with Crippen LogP contribution in [0.5, 0.6) is 0 Å². The number of aryl methyl sites for hydroxylation is 1. The normalized spacial score (nSPS) is 10.1. The van der Waals surface area contributed by atoms with E-state index in [1.54, 1.807) is 18.2 Å². The van der Waals surface area contributed by atoms with Crippen molar-refractivity contribution in [3.8, 4) is 0 Å². The summed E-state index contributed by atoms with van der Waals surface area (Å²) in [5.74, 6) is -0.283. The molecule has 26 heavy (non-hydrogen) atoms. The fourth-order valence-corrected chi connectivity index (χ4v) is 2.57. The van der Waals surface area contributed by atoms with Crippen LogP contribution in [0.2, 0.25) is 0 Å². The average molecular weight is 369 g/mol. The Kier molecular flexibility index (Phi) is 7.29. The highest BCUT2D eigenvalue weighted by atomic mass is 32.1. The lowest BCUT2D eigenvalue weighted by Crippen LogP contribution is -2.34. The second-order valence-electron chi connectivity index (χ2n) is 6.01. The smallest absolute Gasteiger partial charge is 0.257 e. The molecule has 0 radical (unpaired) electrons. The van der Waals surface area contributed by atoms with Gasteiger partial charge in [0.25, 0.3) is 5.91 Å². The SMILES string of the molecule is CCCCC(=O)Nc1cccc(NC(=S)NC(=O)c2cccc(C)c2)c1. The maximum absolute atomic E-state index is 12.2. The van der Waals surface area contributed by atoms with E-state index < -0.39 is 0 Å². The number of carbonyl (C=O) groups is 2. The maximum atomic E-state index is 12.2. The summed E-state index contributed by atoms with van der Waals surface area (Å²) >= 11 is 5.20. The molecule has 0 fully saturated rings. The Morgan fingerprint density at radius 2 is 1.69 bits per heavy atom. The number of benzene rings is 2. The molecule has 2 aromatic rings. The van der Waals surface area contributed by atoms with Crippen molar-refractivity contribution < 1.29 is 9.59 Å². The van der Waals surface area contributed by atoms with Gasteiger partial charge in [-0.1, -0.05) is 37.1 Å². The van der Waals surface area contributed by atoms with Gasteiger partial charge in [0.2, 0.25) is 5.91 Å². The van der Waals surface area contributed by atoms with Crippen molar-refractivity contribution in [2.75, 3.05) is 10.6 Å². The fourth-order valence-electron chi connectivity index (χ4n) is 2.36. The van der Waals surface area contributed by atoms with E-state index in [9.17, 15) is 9.59 Å². The minimum atomic E-state index is -0.268. The number of carbonyl (C=O) groups excluding carboxylic acids is 2. The Morgan fingerprint density at radius 1 is 1.00 bits per heavy atom. The van der Waals surface area contributed by atoms with E-state index >= 15 is 0 Å². The number of nitrogens with one attached hydrogen (secondary N) is 3. The van der Waals surface area contributed by atoms with Crippen LogP contribution in [0.3, 0.4) is 0 Å². The van der Waals surface area contributed by atoms with Gasteiger partial charge in [0.15, 0.2) is 5.11 Å². The number of hydrogen-bond donors (Lipinski definition) is 3. The van der Waals surface area contributed by atoms with E-state index in [0.29, 0.717) is 23.4 Å². The van der Waals surface area contributed by atoms with Crippen LogP contribution in [0.1, 0.15) is 42.1 Å². The van der Waals surface area contributed by atoms with Crippen LogP contribution in [0.4, 0.5) is 11.4 Å². The third kappa shape index (κ3) is 6.29. The fraction of sp³-hybridized carbons (Fsp3) is 0.250. The molecule has 0 spiro atoms. The Bertz CT molecular complexity index is 805. The first-order chi connectivity index (χ1) is 12.5. The topological polar surface area (TPSA) is 70.2 Å². The summed E-state index contributed by atoms with van der Waals surface area (Å²) in [5, 5.41) is 8.67. The molecule has 0 unspecified atom stereocenters. The van der Waals surface area contributed by atoms with Gasteiger partial charge < -0.3 is 10.6 Å². The number of anilines is 2. The molecule has 0 aromatic heterocycles. The summed E-state index contributed by atoms with van der Waals surface area (Å²) < 4.78 is 0. The Morgan fingerprint density at radius 3 is 2.38 bits per heavy atom. The monoisotopic (exact) mass is 369 g/mol. The highest BCUT2D eigenvalue weighted by molar-refractivity contribution is 7.80. The van der Waals surface area contributed by atoms with E-state index in [-0.39, 0.29) is 16.9 Å². The summed E-state index contributed by atoms with van der Waals surface area (Å²) in [7, 11) is 0. The second kappa shape index (κ2) is 9.68. The van der Waals surface area contributed by atoms with Gasteiger partial charge in [-0.2, -0.15) is 0 Å². The average Bonchev–Trinajstić information content (AvgIpc) is 2.60. The number of thiocarbonyl (C=S) groups is 1. The molecule has 2 amide bonds. The van der Waals surface area contributed by atoms with Gasteiger partial charge in [0.05, 0.1) is 0 Å². The van der Waals surface area contributed by atoms with Crippen LogP contribution in [0.25, 0.3) is 0 Å². The minimum absolute atomic E-state index is 0.0145. The molecule has 0 aliphatic carbocycles. The lowest BCUT2D eigenvalue weighted by atomic mass is 10.1. The number of amides is 2. The van der Waals surface area contributed by atoms with E-state index in [1.807, 2.05) is 44.2 Å². The molecule has 2 aromatic carbocycles. The predicted molar refractivity (Wildman–Crippen MR) is 109 cm³/mol. The van der Waals surface area contributed by atoms with Crippen LogP contribution in [0, 0.1) is 6.92 Å². The summed E-state index contributed by atoms with van der Waals surface area (Å²) in [5.41, 5.74) is 2.92. The zero-order chi connectivity index (χ0) is 18.9. The van der Waals surface area contributed by atoms with Gasteiger partial charge in [0, 0.05) is 23.4 Å². The third-order valence-electron chi connectivity index (χ3n) is 3.67. The van der Waals surface area contributed by atoms with Crippen LogP contribution in [-0.2, 0) is 4.79 Å². The number of rotatable bonds is 6. The molecule has 0 aliphatic rings. The molecular weight excluding hydrogens is 346 g/mol. The molecule has 136 valence electrons. The first kappa shape index (κ1) is 19.6. The van der Waals surface area contributed by atoms with Crippen molar-refractivity contribution >= 4 is 40.5 Å². The molecule has 2 rings (SSSR count). The van der Waals surface area contributed by atoms with E-state index in [2.05, 4.69) is 16.0 Å². The third-order valence-corrected chi connectivity index (χ3v) is 3.87. The van der Waals surface area contributed by atoms with Gasteiger partial charge >= 0.3 is 0 Å². The van der Waals surface area contributed by atoms with Crippen molar-refractivity contribution in [3.05, 3.63) is 59.7 Å². The number of unbranched alkanes of at least 4 members (excludes halogenated alkanes) is 1. The predicted octanol–water partition coefficient (Wildman–Crippen LogP) is 4.25. The van der Waals surface area contributed by atoms with E-state index in [4.69, 9.17) is 12.2 Å². The van der Waals surface area contributed by atoms with Gasteiger partial charge in [-0.15, -0.1) is 0 Å². The van der Waals surface area contributed by atoms with E-state index in [0.717, 1.165) is 18.4 Å². The molecule has 0 saturated heterocycles. The van der Waals surface area contributed by atoms with Crippen molar-refractivity contribution in [2.24, 2.45) is 0 Å². The molecule has 0 saturated carbocycles. The van der Waals surface area contributed by atoms with Crippen LogP contribution in [0.15, 0.2) is 48.5 Å². The summed E-state index contributed by atoms with van der Waals surface area (Å²) in [6, 6.07) is 14.5. The summed E-state index contributed by atoms with van der Waals surface area (Å²) in [6.45, 7) is 3.97. The Hall–Kier alpha value is -2.73. The second-order valence-corrected chi connectivity index (χ2v) is 6.42. The number of hydrogen-bond acceptors (Lipinski definition) is 3. The molecule has 0 bridgehead atoms. The van der Waals surface area contributed by atoms with Crippen molar-refractivity contribution in [2.45, 2.75) is 33.1 Å². The van der Waals surface area contributed by atoms with Crippen molar-refractivity contribution in [3.63, 3.8) is 0 Å². The first-order valence-electron chi connectivity index (χ1n) is 8.57. The molecule has 3 N–H and O–H groups in total. The van der Waals surface area contributed by atoms with Crippen LogP contribution >= 0.6 is 12.2 Å². The molecular formula is C20H23N3O2S. The molecule has 6 heteroatoms. The summed E-state index contributed by atoms with van der Waals surface area (Å²) in [6.07, 6.45) is 2.34. The van der Waals surface area contributed by atoms with Crippen LogP contribution < -0.4 is 16.0 Å². The largest absolute Gasteiger partial charge is 0.332 e. The zero-order valence-corrected chi connectivity index (χ0v) is 15.8. The quantitative estimate of drug-likeness (QED) is 0.666. The standard InChI is InChI=1S/C20H23N3O2S/c1-3-4-11-18(24)21-16-9-6-10-17(13-16)22-20(26)23-19(25)15-8-5-7-14(2)12-15/h5-10,12-13H,3-4,11H2,1-2H3,(H,21,24)(H2,22,23,25,26). The lowest BCUT2D eigenvalue weighted by molar-refractivity contribution is -0.116. The van der Waals surface area contributed by atoms with Gasteiger partial charge in [0.1, 0.15) is 0 Å². The van der Waals surface area contributed by atoms with Gasteiger partial charge in [-0.3, -0.25) is 14.9 Å². The van der Waals surface area contributed by atoms with Crippen molar-refractivity contribution in [1.29, 1.82) is 0 Å². The highest BCUT2D eigenvalue weighted by Gasteiger charge is 2.08. The minimum Gasteiger partial charge on any atom is -0.332 e. The highest BCUT2D eigenvalue weighted by Crippen LogP contribution is 2.15. The van der Waals surface area contributed by atoms with Crippen molar-refractivity contribution in [1.82, 2.24) is 5.32 Å². The Balaban J connectivity index is 1.93. The molecule has 0 aliphatic heterocycles. The Labute approximate surface area is 159 Å². The molecule has 0 heterocycles. The van der Waals surface area contributed by atoms with E-state index in [1.165, 1.54) is 0 Å². The zero-order valence-electron chi connectivity index (χ0n) is 15.0. The summed E-state index contributed by atoms with van der Waals surface area (Å²) in [4.78, 5) is 24.0. The molecule has 0 atom stereocenters. The van der Waals surface area contributed by atoms with Gasteiger partial charge in [-0.25, -0.2) is 0 Å². The van der Waals surface area contributed by atoms with Crippen LogP contribution in [-0.4, -0.2) is 16.9 Å². The molecule has 5 nitrogen and oxygen atoms in total. The first-order valence-corrected chi connectivity index (χ1v) is 8.97. The lowest BCUT2D eigenvalue weighted by Gasteiger charge is -2.11. The van der Waals surface area contributed by atoms with Gasteiger partial charge in [-0.05, 0) is 55.9 Å². The maximum Gasteiger partial charge on any atom is 0.257 e.